The zero-order chi connectivity index (χ0) is 17.6. The van der Waals surface area contributed by atoms with Crippen LogP contribution < -0.4 is 10.1 Å². The molecule has 0 spiro atoms. The highest BCUT2D eigenvalue weighted by molar-refractivity contribution is 5.91. The fourth-order valence-electron chi connectivity index (χ4n) is 2.36. The van der Waals surface area contributed by atoms with Gasteiger partial charge < -0.3 is 15.2 Å². The van der Waals surface area contributed by atoms with E-state index in [2.05, 4.69) is 15.4 Å². The molecule has 1 aromatic heterocycles. The second-order valence-electron chi connectivity index (χ2n) is 5.22. The van der Waals surface area contributed by atoms with Gasteiger partial charge in [-0.05, 0) is 24.3 Å². The predicted molar refractivity (Wildman–Crippen MR) is 92.8 cm³/mol. The normalized spacial score (nSPS) is 10.5. The highest BCUT2D eigenvalue weighted by Crippen LogP contribution is 2.24. The second-order valence-corrected chi connectivity index (χ2v) is 5.22. The van der Waals surface area contributed by atoms with Crippen LogP contribution in [0.5, 0.6) is 5.75 Å². The average Bonchev–Trinajstić information content (AvgIpc) is 3.12. The van der Waals surface area contributed by atoms with Crippen molar-refractivity contribution in [3.8, 4) is 22.8 Å². The van der Waals surface area contributed by atoms with Crippen molar-refractivity contribution >= 4 is 5.91 Å². The number of ether oxygens (including phenoxy) is 1. The van der Waals surface area contributed by atoms with Gasteiger partial charge in [0.15, 0.2) is 5.82 Å². The summed E-state index contributed by atoms with van der Waals surface area (Å²) < 4.78 is 6.88. The maximum Gasteiger partial charge on any atom is 0.291 e. The van der Waals surface area contributed by atoms with Crippen LogP contribution in [0.3, 0.4) is 0 Å². The lowest BCUT2D eigenvalue weighted by atomic mass is 10.2. The van der Waals surface area contributed by atoms with E-state index >= 15 is 0 Å². The first-order valence-electron chi connectivity index (χ1n) is 7.79. The largest absolute Gasteiger partial charge is 0.497 e. The van der Waals surface area contributed by atoms with E-state index in [-0.39, 0.29) is 19.0 Å². The number of methoxy groups -OCH3 is 1. The third kappa shape index (κ3) is 3.67. The standard InChI is InChI=1S/C18H18N4O3/c1-25-15-9-5-6-13(12-15)17-20-16(18(24)19-10-11-23)21-22(17)14-7-3-2-4-8-14/h2-9,12,23H,10-11H2,1H3,(H,19,24). The highest BCUT2D eigenvalue weighted by atomic mass is 16.5. The van der Waals surface area contributed by atoms with Crippen LogP contribution in [0.4, 0.5) is 0 Å². The number of amides is 1. The first kappa shape index (κ1) is 16.7. The zero-order valence-corrected chi connectivity index (χ0v) is 13.7. The van der Waals surface area contributed by atoms with E-state index in [4.69, 9.17) is 9.84 Å². The summed E-state index contributed by atoms with van der Waals surface area (Å²) in [5.41, 5.74) is 1.56. The van der Waals surface area contributed by atoms with Crippen molar-refractivity contribution in [2.24, 2.45) is 0 Å². The molecule has 128 valence electrons. The molecule has 2 N–H and O–H groups in total. The Bertz CT molecular complexity index is 862. The Kier molecular flexibility index (Phi) is 5.06. The molecular formula is C18H18N4O3. The number of aliphatic hydroxyl groups is 1. The molecule has 0 radical (unpaired) electrons. The molecule has 2 aromatic carbocycles. The Labute approximate surface area is 144 Å². The number of hydrogen-bond donors (Lipinski definition) is 2. The minimum atomic E-state index is -0.437. The van der Waals surface area contributed by atoms with Crippen molar-refractivity contribution in [2.75, 3.05) is 20.3 Å². The first-order valence-corrected chi connectivity index (χ1v) is 7.79. The summed E-state index contributed by atoms with van der Waals surface area (Å²) in [6.45, 7) is 0.00107. The molecule has 0 saturated heterocycles. The van der Waals surface area contributed by atoms with Crippen LogP contribution in [-0.2, 0) is 0 Å². The number of rotatable bonds is 6. The van der Waals surface area contributed by atoms with Crippen molar-refractivity contribution in [2.45, 2.75) is 0 Å². The molecule has 3 rings (SSSR count). The minimum Gasteiger partial charge on any atom is -0.497 e. The molecule has 0 unspecified atom stereocenters. The fourth-order valence-corrected chi connectivity index (χ4v) is 2.36. The number of hydrogen-bond acceptors (Lipinski definition) is 5. The topological polar surface area (TPSA) is 89.3 Å². The van der Waals surface area contributed by atoms with Gasteiger partial charge >= 0.3 is 0 Å². The zero-order valence-electron chi connectivity index (χ0n) is 13.7. The monoisotopic (exact) mass is 338 g/mol. The molecule has 0 fully saturated rings. The van der Waals surface area contributed by atoms with E-state index in [1.54, 1.807) is 11.8 Å². The van der Waals surface area contributed by atoms with Gasteiger partial charge in [0.1, 0.15) is 5.75 Å². The summed E-state index contributed by atoms with van der Waals surface area (Å²) in [6, 6.07) is 16.8. The molecule has 7 nitrogen and oxygen atoms in total. The van der Waals surface area contributed by atoms with E-state index in [1.165, 1.54) is 0 Å². The third-order valence-corrected chi connectivity index (χ3v) is 3.54. The number of aromatic nitrogens is 3. The van der Waals surface area contributed by atoms with Crippen molar-refractivity contribution in [3.63, 3.8) is 0 Å². The maximum absolute atomic E-state index is 12.2. The van der Waals surface area contributed by atoms with Crippen LogP contribution in [0.15, 0.2) is 54.6 Å². The number of nitrogens with zero attached hydrogens (tertiary/aromatic N) is 3. The number of nitrogens with one attached hydrogen (secondary N) is 1. The molecule has 0 atom stereocenters. The fraction of sp³-hybridized carbons (Fsp3) is 0.167. The second kappa shape index (κ2) is 7.59. The van der Waals surface area contributed by atoms with Gasteiger partial charge in [0.05, 0.1) is 19.4 Å². The molecule has 3 aromatic rings. The van der Waals surface area contributed by atoms with Crippen LogP contribution in [0.2, 0.25) is 0 Å². The summed E-state index contributed by atoms with van der Waals surface area (Å²) in [6.07, 6.45) is 0. The molecule has 0 aliphatic carbocycles. The number of carbonyl (C=O) groups is 1. The van der Waals surface area contributed by atoms with E-state index in [0.29, 0.717) is 11.6 Å². The highest BCUT2D eigenvalue weighted by Gasteiger charge is 2.18. The van der Waals surface area contributed by atoms with Gasteiger partial charge in [0.25, 0.3) is 5.91 Å². The SMILES string of the molecule is COc1cccc(-c2nc(C(=O)NCCO)nn2-c2ccccc2)c1. The maximum atomic E-state index is 12.2. The molecule has 0 saturated carbocycles. The minimum absolute atomic E-state index is 0.0372. The van der Waals surface area contributed by atoms with Gasteiger partial charge in [-0.15, -0.1) is 5.10 Å². The van der Waals surface area contributed by atoms with Crippen LogP contribution in [0.25, 0.3) is 17.1 Å². The molecule has 0 bridgehead atoms. The molecule has 0 aliphatic heterocycles. The van der Waals surface area contributed by atoms with Crippen molar-refractivity contribution in [3.05, 3.63) is 60.4 Å². The molecule has 1 heterocycles. The average molecular weight is 338 g/mol. The third-order valence-electron chi connectivity index (χ3n) is 3.54. The summed E-state index contributed by atoms with van der Waals surface area (Å²) in [4.78, 5) is 16.6. The lowest BCUT2D eigenvalue weighted by Crippen LogP contribution is -2.27. The van der Waals surface area contributed by atoms with Crippen LogP contribution >= 0.6 is 0 Å². The molecule has 7 heteroatoms. The summed E-state index contributed by atoms with van der Waals surface area (Å²) in [5.74, 6) is 0.814. The number of carbonyl (C=O) groups excluding carboxylic acids is 1. The Hall–Kier alpha value is -3.19. The van der Waals surface area contributed by atoms with Gasteiger partial charge in [-0.2, -0.15) is 0 Å². The van der Waals surface area contributed by atoms with E-state index in [1.807, 2.05) is 54.6 Å². The molecule has 1 amide bonds. The first-order chi connectivity index (χ1) is 12.2. The lowest BCUT2D eigenvalue weighted by Gasteiger charge is -2.07. The van der Waals surface area contributed by atoms with E-state index in [0.717, 1.165) is 11.3 Å². The van der Waals surface area contributed by atoms with E-state index < -0.39 is 5.91 Å². The van der Waals surface area contributed by atoms with Crippen LogP contribution in [-0.4, -0.2) is 46.0 Å². The molecule has 25 heavy (non-hydrogen) atoms. The van der Waals surface area contributed by atoms with Gasteiger partial charge in [-0.25, -0.2) is 9.67 Å². The Morgan fingerprint density at radius 1 is 1.20 bits per heavy atom. The predicted octanol–water partition coefficient (Wildman–Crippen LogP) is 1.66. The molecule has 0 aliphatic rings. The molecular weight excluding hydrogens is 320 g/mol. The van der Waals surface area contributed by atoms with Gasteiger partial charge in [0, 0.05) is 12.1 Å². The van der Waals surface area contributed by atoms with Crippen molar-refractivity contribution < 1.29 is 14.6 Å². The lowest BCUT2D eigenvalue weighted by molar-refractivity contribution is 0.0934. The summed E-state index contributed by atoms with van der Waals surface area (Å²) in [5, 5.41) is 15.8. The Balaban J connectivity index is 2.08. The van der Waals surface area contributed by atoms with E-state index in [9.17, 15) is 4.79 Å². The Morgan fingerprint density at radius 2 is 2.00 bits per heavy atom. The summed E-state index contributed by atoms with van der Waals surface area (Å²) in [7, 11) is 1.59. The van der Waals surface area contributed by atoms with Gasteiger partial charge in [0.2, 0.25) is 5.82 Å². The Morgan fingerprint density at radius 3 is 2.72 bits per heavy atom. The smallest absolute Gasteiger partial charge is 0.291 e. The van der Waals surface area contributed by atoms with Gasteiger partial charge in [-0.1, -0.05) is 30.3 Å². The van der Waals surface area contributed by atoms with Crippen molar-refractivity contribution in [1.29, 1.82) is 0 Å². The van der Waals surface area contributed by atoms with Crippen LogP contribution in [0, 0.1) is 0 Å². The van der Waals surface area contributed by atoms with Crippen LogP contribution in [0.1, 0.15) is 10.6 Å². The summed E-state index contributed by atoms with van der Waals surface area (Å²) >= 11 is 0. The van der Waals surface area contributed by atoms with Crippen molar-refractivity contribution in [1.82, 2.24) is 20.1 Å². The van der Waals surface area contributed by atoms with Gasteiger partial charge in [-0.3, -0.25) is 4.79 Å². The number of para-hydroxylation sites is 1. The number of aliphatic hydroxyl groups excluding tert-OH is 1. The quantitative estimate of drug-likeness (QED) is 0.713. The number of benzene rings is 2.